The molecule has 1 saturated carbocycles. The highest BCUT2D eigenvalue weighted by atomic mass is 16.5. The molecule has 2 rings (SSSR count). The van der Waals surface area contributed by atoms with Crippen LogP contribution in [0.4, 0.5) is 0 Å². The quantitative estimate of drug-likeness (QED) is 0.842. The number of methoxy groups -OCH3 is 1. The molecule has 1 atom stereocenters. The van der Waals surface area contributed by atoms with E-state index in [1.54, 1.807) is 7.11 Å². The van der Waals surface area contributed by atoms with Crippen LogP contribution in [0.5, 0.6) is 0 Å². The molecule has 0 amide bonds. The van der Waals surface area contributed by atoms with Crippen LogP contribution in [0.25, 0.3) is 0 Å². The number of hydrogen-bond donors (Lipinski definition) is 1. The zero-order valence-corrected chi connectivity index (χ0v) is 11.0. The van der Waals surface area contributed by atoms with E-state index >= 15 is 0 Å². The SMILES string of the molecule is COC(C)Cc1ccccc1C1(CC(=O)O)CC1. The van der Waals surface area contributed by atoms with Crippen molar-refractivity contribution in [3.8, 4) is 0 Å². The van der Waals surface area contributed by atoms with Gasteiger partial charge in [-0.05, 0) is 37.3 Å². The molecule has 0 radical (unpaired) electrons. The lowest BCUT2D eigenvalue weighted by Crippen LogP contribution is -2.17. The number of hydrogen-bond acceptors (Lipinski definition) is 2. The van der Waals surface area contributed by atoms with E-state index < -0.39 is 5.97 Å². The summed E-state index contributed by atoms with van der Waals surface area (Å²) in [6.07, 6.45) is 3.21. The van der Waals surface area contributed by atoms with Gasteiger partial charge in [-0.2, -0.15) is 0 Å². The van der Waals surface area contributed by atoms with Crippen molar-refractivity contribution in [3.05, 3.63) is 35.4 Å². The van der Waals surface area contributed by atoms with Crippen LogP contribution < -0.4 is 0 Å². The fraction of sp³-hybridized carbons (Fsp3) is 0.533. The van der Waals surface area contributed by atoms with Gasteiger partial charge in [-0.3, -0.25) is 4.79 Å². The highest BCUT2D eigenvalue weighted by Crippen LogP contribution is 2.52. The molecule has 3 nitrogen and oxygen atoms in total. The minimum absolute atomic E-state index is 0.115. The van der Waals surface area contributed by atoms with Crippen molar-refractivity contribution in [2.45, 2.75) is 44.1 Å². The van der Waals surface area contributed by atoms with E-state index in [-0.39, 0.29) is 17.9 Å². The first-order chi connectivity index (χ1) is 8.57. The summed E-state index contributed by atoms with van der Waals surface area (Å²) in [5, 5.41) is 9.04. The third-order valence-corrected chi connectivity index (χ3v) is 3.84. The number of aliphatic carboxylic acids is 1. The summed E-state index contributed by atoms with van der Waals surface area (Å²) >= 11 is 0. The number of carbonyl (C=O) groups is 1. The molecule has 1 aromatic rings. The van der Waals surface area contributed by atoms with Crippen LogP contribution in [0.3, 0.4) is 0 Å². The Morgan fingerprint density at radius 1 is 1.44 bits per heavy atom. The number of benzene rings is 1. The molecule has 0 aliphatic heterocycles. The average Bonchev–Trinajstić information content (AvgIpc) is 3.09. The maximum Gasteiger partial charge on any atom is 0.304 e. The van der Waals surface area contributed by atoms with Crippen LogP contribution in [-0.4, -0.2) is 24.3 Å². The summed E-state index contributed by atoms with van der Waals surface area (Å²) < 4.78 is 5.31. The standard InChI is InChI=1S/C15H20O3/c1-11(18-2)9-12-5-3-4-6-13(12)15(7-8-15)10-14(16)17/h3-6,11H,7-10H2,1-2H3,(H,16,17). The largest absolute Gasteiger partial charge is 0.481 e. The molecular weight excluding hydrogens is 228 g/mol. The summed E-state index contributed by atoms with van der Waals surface area (Å²) in [4.78, 5) is 11.0. The molecule has 1 N–H and O–H groups in total. The zero-order valence-electron chi connectivity index (χ0n) is 11.0. The predicted molar refractivity (Wildman–Crippen MR) is 69.8 cm³/mol. The van der Waals surface area contributed by atoms with Crippen LogP contribution >= 0.6 is 0 Å². The van der Waals surface area contributed by atoms with Gasteiger partial charge >= 0.3 is 5.97 Å². The Morgan fingerprint density at radius 3 is 2.67 bits per heavy atom. The second-order valence-electron chi connectivity index (χ2n) is 5.26. The fourth-order valence-corrected chi connectivity index (χ4v) is 2.59. The summed E-state index contributed by atoms with van der Waals surface area (Å²) in [6, 6.07) is 8.18. The van der Waals surface area contributed by atoms with Gasteiger partial charge < -0.3 is 9.84 Å². The highest BCUT2D eigenvalue weighted by molar-refractivity contribution is 5.70. The van der Waals surface area contributed by atoms with Crippen molar-refractivity contribution in [1.29, 1.82) is 0 Å². The van der Waals surface area contributed by atoms with Gasteiger partial charge in [0.1, 0.15) is 0 Å². The van der Waals surface area contributed by atoms with E-state index in [9.17, 15) is 4.79 Å². The Morgan fingerprint density at radius 2 is 2.11 bits per heavy atom. The normalized spacial score (nSPS) is 18.3. The number of ether oxygens (including phenoxy) is 1. The molecule has 1 aliphatic rings. The molecule has 1 unspecified atom stereocenters. The number of carboxylic acid groups (broad SMARTS) is 1. The molecule has 3 heteroatoms. The second kappa shape index (κ2) is 5.11. The second-order valence-corrected chi connectivity index (χ2v) is 5.26. The van der Waals surface area contributed by atoms with Gasteiger partial charge in [0.2, 0.25) is 0 Å². The van der Waals surface area contributed by atoms with Gasteiger partial charge in [-0.1, -0.05) is 24.3 Å². The van der Waals surface area contributed by atoms with E-state index in [2.05, 4.69) is 12.1 Å². The van der Waals surface area contributed by atoms with Gasteiger partial charge in [0.25, 0.3) is 0 Å². The average molecular weight is 248 g/mol. The Balaban J connectivity index is 2.25. The molecule has 0 spiro atoms. The molecular formula is C15H20O3. The van der Waals surface area contributed by atoms with Crippen LogP contribution in [0.15, 0.2) is 24.3 Å². The van der Waals surface area contributed by atoms with Gasteiger partial charge in [0, 0.05) is 12.5 Å². The smallest absolute Gasteiger partial charge is 0.304 e. The van der Waals surface area contributed by atoms with E-state index in [4.69, 9.17) is 9.84 Å². The summed E-state index contributed by atoms with van der Waals surface area (Å²) in [5.41, 5.74) is 2.32. The Labute approximate surface area is 108 Å². The predicted octanol–water partition coefficient (Wildman–Crippen LogP) is 2.77. The molecule has 0 saturated heterocycles. The van der Waals surface area contributed by atoms with E-state index in [0.717, 1.165) is 19.3 Å². The zero-order chi connectivity index (χ0) is 13.2. The van der Waals surface area contributed by atoms with Crippen molar-refractivity contribution in [2.75, 3.05) is 7.11 Å². The lowest BCUT2D eigenvalue weighted by atomic mass is 9.87. The van der Waals surface area contributed by atoms with Crippen molar-refractivity contribution in [3.63, 3.8) is 0 Å². The van der Waals surface area contributed by atoms with E-state index in [0.29, 0.717) is 0 Å². The summed E-state index contributed by atoms with van der Waals surface area (Å²) in [6.45, 7) is 2.04. The molecule has 1 fully saturated rings. The van der Waals surface area contributed by atoms with Crippen LogP contribution in [0, 0.1) is 0 Å². The summed E-state index contributed by atoms with van der Waals surface area (Å²) in [5.74, 6) is -0.706. The Kier molecular flexibility index (Phi) is 3.71. The maximum atomic E-state index is 11.0. The first kappa shape index (κ1) is 13.1. The summed E-state index contributed by atoms with van der Waals surface area (Å²) in [7, 11) is 1.71. The van der Waals surface area contributed by atoms with E-state index in [1.807, 2.05) is 19.1 Å². The van der Waals surface area contributed by atoms with Gasteiger partial charge in [0.05, 0.1) is 12.5 Å². The maximum absolute atomic E-state index is 11.0. The molecule has 1 aromatic carbocycles. The monoisotopic (exact) mass is 248 g/mol. The number of carboxylic acids is 1. The topological polar surface area (TPSA) is 46.5 Å². The third-order valence-electron chi connectivity index (χ3n) is 3.84. The first-order valence-electron chi connectivity index (χ1n) is 6.40. The van der Waals surface area contributed by atoms with Crippen molar-refractivity contribution in [1.82, 2.24) is 0 Å². The van der Waals surface area contributed by atoms with Gasteiger partial charge in [-0.15, -0.1) is 0 Å². The van der Waals surface area contributed by atoms with Crippen molar-refractivity contribution < 1.29 is 14.6 Å². The Hall–Kier alpha value is -1.35. The van der Waals surface area contributed by atoms with Crippen LogP contribution in [0.2, 0.25) is 0 Å². The molecule has 98 valence electrons. The first-order valence-corrected chi connectivity index (χ1v) is 6.40. The molecule has 1 aliphatic carbocycles. The molecule has 18 heavy (non-hydrogen) atoms. The molecule has 0 heterocycles. The minimum Gasteiger partial charge on any atom is -0.481 e. The highest BCUT2D eigenvalue weighted by Gasteiger charge is 2.46. The van der Waals surface area contributed by atoms with E-state index in [1.165, 1.54) is 11.1 Å². The molecule has 0 bridgehead atoms. The Bertz CT molecular complexity index is 435. The van der Waals surface area contributed by atoms with Crippen LogP contribution in [0.1, 0.15) is 37.3 Å². The van der Waals surface area contributed by atoms with Gasteiger partial charge in [0.15, 0.2) is 0 Å². The van der Waals surface area contributed by atoms with Gasteiger partial charge in [-0.25, -0.2) is 0 Å². The lowest BCUT2D eigenvalue weighted by Gasteiger charge is -2.19. The number of rotatable bonds is 6. The third kappa shape index (κ3) is 2.72. The van der Waals surface area contributed by atoms with Crippen molar-refractivity contribution >= 4 is 5.97 Å². The van der Waals surface area contributed by atoms with Crippen LogP contribution in [-0.2, 0) is 21.4 Å². The molecule has 0 aromatic heterocycles. The van der Waals surface area contributed by atoms with Crippen molar-refractivity contribution in [2.24, 2.45) is 0 Å². The minimum atomic E-state index is -0.706. The lowest BCUT2D eigenvalue weighted by molar-refractivity contribution is -0.137. The fourth-order valence-electron chi connectivity index (χ4n) is 2.59.